The van der Waals surface area contributed by atoms with Crippen LogP contribution in [0.4, 0.5) is 5.69 Å². The first-order valence-corrected chi connectivity index (χ1v) is 8.08. The zero-order chi connectivity index (χ0) is 17.9. The van der Waals surface area contributed by atoms with E-state index in [0.717, 1.165) is 16.9 Å². The van der Waals surface area contributed by atoms with Gasteiger partial charge in [-0.3, -0.25) is 4.79 Å². The number of nitrogens with one attached hydrogen (secondary N) is 1. The second kappa shape index (κ2) is 6.68. The molecule has 0 fully saturated rings. The van der Waals surface area contributed by atoms with Crippen LogP contribution in [-0.2, 0) is 0 Å². The van der Waals surface area contributed by atoms with E-state index in [1.54, 1.807) is 19.2 Å². The molecule has 4 aromatic rings. The van der Waals surface area contributed by atoms with Crippen molar-refractivity contribution >= 4 is 17.2 Å². The molecule has 0 bridgehead atoms. The van der Waals surface area contributed by atoms with Gasteiger partial charge in [0.1, 0.15) is 17.1 Å². The van der Waals surface area contributed by atoms with Gasteiger partial charge in [-0.15, -0.1) is 0 Å². The highest BCUT2D eigenvalue weighted by Crippen LogP contribution is 2.21. The number of anilines is 1. The van der Waals surface area contributed by atoms with E-state index in [2.05, 4.69) is 15.3 Å². The summed E-state index contributed by atoms with van der Waals surface area (Å²) in [5.74, 6) is 0.339. The van der Waals surface area contributed by atoms with Gasteiger partial charge in [0.2, 0.25) is 0 Å². The van der Waals surface area contributed by atoms with Crippen molar-refractivity contribution in [3.8, 4) is 17.0 Å². The first kappa shape index (κ1) is 15.8. The zero-order valence-corrected chi connectivity index (χ0v) is 14.1. The number of hydrogen-bond donors (Lipinski definition) is 1. The number of ether oxygens (including phenoxy) is 1. The van der Waals surface area contributed by atoms with E-state index in [9.17, 15) is 4.79 Å². The van der Waals surface area contributed by atoms with Crippen molar-refractivity contribution in [2.24, 2.45) is 0 Å². The van der Waals surface area contributed by atoms with Crippen molar-refractivity contribution < 1.29 is 9.53 Å². The number of rotatable bonds is 4. The van der Waals surface area contributed by atoms with Crippen molar-refractivity contribution in [3.63, 3.8) is 0 Å². The minimum atomic E-state index is -0.270. The van der Waals surface area contributed by atoms with Crippen LogP contribution in [-0.4, -0.2) is 27.4 Å². The number of imidazole rings is 1. The molecule has 128 valence electrons. The number of nitrogens with zero attached hydrogens (tertiary/aromatic N) is 3. The fourth-order valence-electron chi connectivity index (χ4n) is 2.63. The third-order valence-corrected chi connectivity index (χ3v) is 4.01. The Kier molecular flexibility index (Phi) is 4.07. The second-order valence-electron chi connectivity index (χ2n) is 5.71. The molecule has 0 unspecified atom stereocenters. The molecule has 0 spiro atoms. The van der Waals surface area contributed by atoms with Gasteiger partial charge < -0.3 is 14.5 Å². The number of carbonyl (C=O) groups excluding carboxylic acids is 1. The van der Waals surface area contributed by atoms with E-state index in [4.69, 9.17) is 4.74 Å². The molecule has 0 aliphatic rings. The molecular formula is C20H16N4O2. The minimum Gasteiger partial charge on any atom is -0.495 e. The van der Waals surface area contributed by atoms with Gasteiger partial charge in [0.25, 0.3) is 5.91 Å². The van der Waals surface area contributed by atoms with Crippen LogP contribution in [0.25, 0.3) is 16.9 Å². The van der Waals surface area contributed by atoms with E-state index >= 15 is 0 Å². The second-order valence-corrected chi connectivity index (χ2v) is 5.71. The third-order valence-electron chi connectivity index (χ3n) is 4.01. The number of carbonyl (C=O) groups is 1. The molecule has 6 nitrogen and oxygen atoms in total. The Hall–Kier alpha value is -3.67. The number of fused-ring (bicyclic) bond motifs is 1. The van der Waals surface area contributed by atoms with Gasteiger partial charge in [-0.2, -0.15) is 0 Å². The van der Waals surface area contributed by atoms with Crippen LogP contribution in [0.15, 0.2) is 73.2 Å². The van der Waals surface area contributed by atoms with Crippen molar-refractivity contribution in [3.05, 3.63) is 78.9 Å². The van der Waals surface area contributed by atoms with Crippen LogP contribution in [0, 0.1) is 0 Å². The Balaban J connectivity index is 1.50. The van der Waals surface area contributed by atoms with Gasteiger partial charge in [-0.25, -0.2) is 9.97 Å². The van der Waals surface area contributed by atoms with Gasteiger partial charge in [0.05, 0.1) is 19.0 Å². The van der Waals surface area contributed by atoms with E-state index in [1.165, 1.54) is 6.20 Å². The number of pyridine rings is 2. The molecule has 0 aliphatic carbocycles. The highest BCUT2D eigenvalue weighted by Gasteiger charge is 2.09. The lowest BCUT2D eigenvalue weighted by Crippen LogP contribution is -2.13. The van der Waals surface area contributed by atoms with Gasteiger partial charge in [-0.1, -0.05) is 18.2 Å². The molecular weight excluding hydrogens is 328 g/mol. The number of benzene rings is 1. The molecule has 6 heteroatoms. The van der Waals surface area contributed by atoms with E-state index < -0.39 is 0 Å². The smallest absolute Gasteiger partial charge is 0.274 e. The molecule has 3 aromatic heterocycles. The fraction of sp³-hybridized carbons (Fsp3) is 0.0500. The molecule has 1 amide bonds. The van der Waals surface area contributed by atoms with Crippen molar-refractivity contribution in [2.75, 3.05) is 12.4 Å². The van der Waals surface area contributed by atoms with E-state index in [1.807, 2.05) is 59.3 Å². The molecule has 4 rings (SSSR count). The summed E-state index contributed by atoms with van der Waals surface area (Å²) in [6.07, 6.45) is 5.45. The van der Waals surface area contributed by atoms with Crippen LogP contribution < -0.4 is 10.1 Å². The largest absolute Gasteiger partial charge is 0.495 e. The molecule has 3 heterocycles. The maximum atomic E-state index is 12.3. The summed E-state index contributed by atoms with van der Waals surface area (Å²) in [7, 11) is 1.56. The summed E-state index contributed by atoms with van der Waals surface area (Å²) >= 11 is 0. The average molecular weight is 344 g/mol. The standard InChI is InChI=1S/C20H16N4O2/c1-26-16-9-10-17(21-12-16)20(25)22-15-7-5-14(6-8-15)18-13-24-11-3-2-4-19(24)23-18/h2-13H,1H3,(H,22,25). The normalized spacial score (nSPS) is 10.7. The highest BCUT2D eigenvalue weighted by molar-refractivity contribution is 6.02. The van der Waals surface area contributed by atoms with Gasteiger partial charge in [-0.05, 0) is 36.4 Å². The fourth-order valence-corrected chi connectivity index (χ4v) is 2.63. The van der Waals surface area contributed by atoms with Crippen LogP contribution in [0.3, 0.4) is 0 Å². The van der Waals surface area contributed by atoms with Gasteiger partial charge in [0, 0.05) is 23.6 Å². The zero-order valence-electron chi connectivity index (χ0n) is 14.1. The molecule has 26 heavy (non-hydrogen) atoms. The number of methoxy groups -OCH3 is 1. The molecule has 0 aliphatic heterocycles. The number of hydrogen-bond acceptors (Lipinski definition) is 4. The van der Waals surface area contributed by atoms with Crippen LogP contribution in [0.1, 0.15) is 10.5 Å². The van der Waals surface area contributed by atoms with Gasteiger partial charge in [0.15, 0.2) is 0 Å². The Morgan fingerprint density at radius 3 is 2.62 bits per heavy atom. The molecule has 1 aromatic carbocycles. The summed E-state index contributed by atoms with van der Waals surface area (Å²) in [6.45, 7) is 0. The van der Waals surface area contributed by atoms with Crippen molar-refractivity contribution in [1.29, 1.82) is 0 Å². The molecule has 1 N–H and O–H groups in total. The maximum absolute atomic E-state index is 12.3. The van der Waals surface area contributed by atoms with E-state index in [0.29, 0.717) is 17.1 Å². The van der Waals surface area contributed by atoms with Gasteiger partial charge >= 0.3 is 0 Å². The van der Waals surface area contributed by atoms with Crippen LogP contribution in [0.2, 0.25) is 0 Å². The van der Waals surface area contributed by atoms with Crippen LogP contribution in [0.5, 0.6) is 5.75 Å². The Bertz CT molecular complexity index is 1020. The summed E-state index contributed by atoms with van der Waals surface area (Å²) in [5.41, 5.74) is 3.78. The summed E-state index contributed by atoms with van der Waals surface area (Å²) in [4.78, 5) is 20.9. The topological polar surface area (TPSA) is 68.5 Å². The van der Waals surface area contributed by atoms with E-state index in [-0.39, 0.29) is 5.91 Å². The molecule has 0 radical (unpaired) electrons. The Morgan fingerprint density at radius 1 is 1.08 bits per heavy atom. The highest BCUT2D eigenvalue weighted by atomic mass is 16.5. The lowest BCUT2D eigenvalue weighted by Gasteiger charge is -2.06. The first-order chi connectivity index (χ1) is 12.7. The molecule has 0 atom stereocenters. The maximum Gasteiger partial charge on any atom is 0.274 e. The number of aromatic nitrogens is 3. The first-order valence-electron chi connectivity index (χ1n) is 8.08. The quantitative estimate of drug-likeness (QED) is 0.613. The average Bonchev–Trinajstić information content (AvgIpc) is 3.13. The third kappa shape index (κ3) is 3.12. The summed E-state index contributed by atoms with van der Waals surface area (Å²) < 4.78 is 7.01. The molecule has 0 saturated heterocycles. The summed E-state index contributed by atoms with van der Waals surface area (Å²) in [5, 5.41) is 2.83. The number of amides is 1. The monoisotopic (exact) mass is 344 g/mol. The predicted molar refractivity (Wildman–Crippen MR) is 99.4 cm³/mol. The van der Waals surface area contributed by atoms with Crippen LogP contribution >= 0.6 is 0 Å². The minimum absolute atomic E-state index is 0.270. The SMILES string of the molecule is COc1ccc(C(=O)Nc2ccc(-c3cn4ccccc4n3)cc2)nc1. The lowest BCUT2D eigenvalue weighted by atomic mass is 10.1. The Morgan fingerprint density at radius 2 is 1.92 bits per heavy atom. The Labute approximate surface area is 150 Å². The predicted octanol–water partition coefficient (Wildman–Crippen LogP) is 3.66. The summed E-state index contributed by atoms with van der Waals surface area (Å²) in [6, 6.07) is 16.8. The lowest BCUT2D eigenvalue weighted by molar-refractivity contribution is 0.102. The van der Waals surface area contributed by atoms with Crippen molar-refractivity contribution in [1.82, 2.24) is 14.4 Å². The molecule has 0 saturated carbocycles. The van der Waals surface area contributed by atoms with Crippen molar-refractivity contribution in [2.45, 2.75) is 0 Å².